The SMILES string of the molecule is Cc1ccc(CN=C(NCCc2ccco2)NCC2CCCCO2)c(OC2CCOC2)c1. The largest absolute Gasteiger partial charge is 0.488 e. The minimum Gasteiger partial charge on any atom is -0.488 e. The lowest BCUT2D eigenvalue weighted by Crippen LogP contribution is -2.43. The van der Waals surface area contributed by atoms with E-state index in [9.17, 15) is 0 Å². The van der Waals surface area contributed by atoms with Crippen molar-refractivity contribution in [2.24, 2.45) is 4.99 Å². The molecule has 2 atom stereocenters. The van der Waals surface area contributed by atoms with Gasteiger partial charge in [0.15, 0.2) is 5.96 Å². The standard InChI is InChI=1S/C25H35N3O4/c1-19-7-8-20(24(15-19)32-23-10-14-29-18-23)16-27-25(26-11-9-21-6-4-13-30-21)28-17-22-5-2-3-12-31-22/h4,6-8,13,15,22-23H,2-3,5,9-12,14,16-18H2,1H3,(H2,26,27,28). The summed E-state index contributed by atoms with van der Waals surface area (Å²) in [7, 11) is 0. The number of hydrogen-bond donors (Lipinski definition) is 2. The van der Waals surface area contributed by atoms with Crippen LogP contribution in [0.1, 0.15) is 42.6 Å². The van der Waals surface area contributed by atoms with E-state index in [4.69, 9.17) is 23.6 Å². The fourth-order valence-electron chi connectivity index (χ4n) is 3.96. The summed E-state index contributed by atoms with van der Waals surface area (Å²) < 4.78 is 23.0. The molecular formula is C25H35N3O4. The van der Waals surface area contributed by atoms with Crippen LogP contribution in [0.3, 0.4) is 0 Å². The normalized spacial score (nSPS) is 21.5. The van der Waals surface area contributed by atoms with E-state index in [0.29, 0.717) is 13.2 Å². The van der Waals surface area contributed by atoms with Crippen molar-refractivity contribution < 1.29 is 18.6 Å². The van der Waals surface area contributed by atoms with E-state index in [1.807, 2.05) is 12.1 Å². The number of nitrogens with one attached hydrogen (secondary N) is 2. The number of rotatable bonds is 9. The molecule has 0 spiro atoms. The lowest BCUT2D eigenvalue weighted by molar-refractivity contribution is 0.0194. The molecule has 2 fully saturated rings. The van der Waals surface area contributed by atoms with E-state index in [1.165, 1.54) is 12.0 Å². The molecule has 0 amide bonds. The maximum Gasteiger partial charge on any atom is 0.191 e. The van der Waals surface area contributed by atoms with Crippen LogP contribution >= 0.6 is 0 Å². The molecule has 174 valence electrons. The van der Waals surface area contributed by atoms with E-state index in [-0.39, 0.29) is 12.2 Å². The van der Waals surface area contributed by atoms with E-state index in [2.05, 4.69) is 35.8 Å². The fraction of sp³-hybridized carbons (Fsp3) is 0.560. The van der Waals surface area contributed by atoms with Gasteiger partial charge in [-0.25, -0.2) is 4.99 Å². The zero-order valence-electron chi connectivity index (χ0n) is 19.0. The molecule has 32 heavy (non-hydrogen) atoms. The van der Waals surface area contributed by atoms with Gasteiger partial charge in [-0.05, 0) is 49.9 Å². The molecule has 0 bridgehead atoms. The van der Waals surface area contributed by atoms with Crippen molar-refractivity contribution in [2.75, 3.05) is 32.9 Å². The van der Waals surface area contributed by atoms with Gasteiger partial charge in [-0.15, -0.1) is 0 Å². The van der Waals surface area contributed by atoms with E-state index in [1.54, 1.807) is 6.26 Å². The number of guanidine groups is 1. The minimum absolute atomic E-state index is 0.118. The number of benzene rings is 1. The molecule has 2 N–H and O–H groups in total. The molecule has 1 aromatic heterocycles. The predicted molar refractivity (Wildman–Crippen MR) is 124 cm³/mol. The third-order valence-corrected chi connectivity index (χ3v) is 5.83. The number of hydrogen-bond acceptors (Lipinski definition) is 5. The second kappa shape index (κ2) is 11.9. The lowest BCUT2D eigenvalue weighted by Gasteiger charge is -2.24. The van der Waals surface area contributed by atoms with Gasteiger partial charge >= 0.3 is 0 Å². The predicted octanol–water partition coefficient (Wildman–Crippen LogP) is 3.60. The highest BCUT2D eigenvalue weighted by atomic mass is 16.5. The van der Waals surface area contributed by atoms with Crippen molar-refractivity contribution in [3.8, 4) is 5.75 Å². The van der Waals surface area contributed by atoms with Gasteiger partial charge in [0.2, 0.25) is 0 Å². The Morgan fingerprint density at radius 2 is 2.12 bits per heavy atom. The Balaban J connectivity index is 1.39. The first-order valence-corrected chi connectivity index (χ1v) is 11.8. The summed E-state index contributed by atoms with van der Waals surface area (Å²) in [6.45, 7) is 6.37. The first kappa shape index (κ1) is 22.7. The zero-order chi connectivity index (χ0) is 22.0. The van der Waals surface area contributed by atoms with Crippen molar-refractivity contribution in [1.82, 2.24) is 10.6 Å². The molecule has 0 aliphatic carbocycles. The van der Waals surface area contributed by atoms with E-state index in [0.717, 1.165) is 75.0 Å². The van der Waals surface area contributed by atoms with E-state index >= 15 is 0 Å². The fourth-order valence-corrected chi connectivity index (χ4v) is 3.96. The maximum absolute atomic E-state index is 6.24. The van der Waals surface area contributed by atoms with Crippen molar-refractivity contribution in [2.45, 2.75) is 57.8 Å². The highest BCUT2D eigenvalue weighted by Gasteiger charge is 2.19. The van der Waals surface area contributed by atoms with Crippen molar-refractivity contribution in [3.63, 3.8) is 0 Å². The van der Waals surface area contributed by atoms with Crippen LogP contribution in [-0.2, 0) is 22.4 Å². The maximum atomic E-state index is 6.24. The van der Waals surface area contributed by atoms with Gasteiger partial charge < -0.3 is 29.3 Å². The Labute approximate surface area is 190 Å². The van der Waals surface area contributed by atoms with Gasteiger partial charge in [-0.1, -0.05) is 12.1 Å². The smallest absolute Gasteiger partial charge is 0.191 e. The zero-order valence-corrected chi connectivity index (χ0v) is 19.0. The van der Waals surface area contributed by atoms with Crippen molar-refractivity contribution in [1.29, 1.82) is 0 Å². The quantitative estimate of drug-likeness (QED) is 0.457. The summed E-state index contributed by atoms with van der Waals surface area (Å²) in [6, 6.07) is 10.2. The molecule has 7 nitrogen and oxygen atoms in total. The molecule has 2 aliphatic rings. The summed E-state index contributed by atoms with van der Waals surface area (Å²) in [5.74, 6) is 2.64. The van der Waals surface area contributed by atoms with Crippen LogP contribution < -0.4 is 15.4 Å². The lowest BCUT2D eigenvalue weighted by atomic mass is 10.1. The summed E-state index contributed by atoms with van der Waals surface area (Å²) in [4.78, 5) is 4.86. The molecule has 3 heterocycles. The molecule has 2 saturated heterocycles. The Morgan fingerprint density at radius 3 is 2.91 bits per heavy atom. The number of aryl methyl sites for hydroxylation is 1. The van der Waals surface area contributed by atoms with Crippen LogP contribution in [0, 0.1) is 6.92 Å². The van der Waals surface area contributed by atoms with Gasteiger partial charge in [-0.2, -0.15) is 0 Å². The van der Waals surface area contributed by atoms with Gasteiger partial charge in [0.25, 0.3) is 0 Å². The molecule has 2 aromatic rings. The van der Waals surface area contributed by atoms with Crippen LogP contribution in [0.5, 0.6) is 5.75 Å². The monoisotopic (exact) mass is 441 g/mol. The third kappa shape index (κ3) is 7.00. The number of ether oxygens (including phenoxy) is 3. The Kier molecular flexibility index (Phi) is 8.45. The molecule has 0 saturated carbocycles. The molecule has 2 aliphatic heterocycles. The van der Waals surface area contributed by atoms with Crippen LogP contribution in [-0.4, -0.2) is 51.1 Å². The first-order chi connectivity index (χ1) is 15.8. The van der Waals surface area contributed by atoms with Crippen molar-refractivity contribution >= 4 is 5.96 Å². The highest BCUT2D eigenvalue weighted by Crippen LogP contribution is 2.24. The molecule has 0 radical (unpaired) electrons. The van der Waals surface area contributed by atoms with E-state index < -0.39 is 0 Å². The number of furan rings is 1. The topological polar surface area (TPSA) is 77.3 Å². The minimum atomic E-state index is 0.118. The number of aliphatic imine (C=N–C) groups is 1. The summed E-state index contributed by atoms with van der Waals surface area (Å²) >= 11 is 0. The van der Waals surface area contributed by atoms with Gasteiger partial charge in [0.1, 0.15) is 17.6 Å². The van der Waals surface area contributed by atoms with Crippen molar-refractivity contribution in [3.05, 3.63) is 53.5 Å². The Bertz CT molecular complexity index is 841. The average molecular weight is 442 g/mol. The average Bonchev–Trinajstić information content (AvgIpc) is 3.51. The first-order valence-electron chi connectivity index (χ1n) is 11.8. The molecule has 2 unspecified atom stereocenters. The summed E-state index contributed by atoms with van der Waals surface area (Å²) in [5, 5.41) is 6.90. The van der Waals surface area contributed by atoms with Crippen LogP contribution in [0.4, 0.5) is 0 Å². The second-order valence-electron chi connectivity index (χ2n) is 8.51. The molecule has 7 heteroatoms. The third-order valence-electron chi connectivity index (χ3n) is 5.83. The molecular weight excluding hydrogens is 406 g/mol. The van der Waals surface area contributed by atoms with Gasteiger partial charge in [-0.3, -0.25) is 0 Å². The van der Waals surface area contributed by atoms with Crippen LogP contribution in [0.2, 0.25) is 0 Å². The van der Waals surface area contributed by atoms with Crippen LogP contribution in [0.25, 0.3) is 0 Å². The molecule has 4 rings (SSSR count). The Morgan fingerprint density at radius 1 is 1.16 bits per heavy atom. The van der Waals surface area contributed by atoms with Gasteiger partial charge in [0.05, 0.1) is 32.1 Å². The highest BCUT2D eigenvalue weighted by molar-refractivity contribution is 5.79. The van der Waals surface area contributed by atoms with Crippen LogP contribution in [0.15, 0.2) is 46.0 Å². The summed E-state index contributed by atoms with van der Waals surface area (Å²) in [6.07, 6.45) is 7.26. The second-order valence-corrected chi connectivity index (χ2v) is 8.51. The number of nitrogens with zero attached hydrogens (tertiary/aromatic N) is 1. The Hall–Kier alpha value is -2.51. The molecule has 1 aromatic carbocycles. The van der Waals surface area contributed by atoms with Gasteiger partial charge in [0, 0.05) is 38.1 Å². The summed E-state index contributed by atoms with van der Waals surface area (Å²) in [5.41, 5.74) is 2.25.